The number of esters is 1. The van der Waals surface area contributed by atoms with Crippen LogP contribution in [0.15, 0.2) is 17.3 Å². The van der Waals surface area contributed by atoms with Gasteiger partial charge in [0.05, 0.1) is 23.2 Å². The Balaban J connectivity index is 2.73. The first-order valence-corrected chi connectivity index (χ1v) is 6.51. The predicted molar refractivity (Wildman–Crippen MR) is 72.2 cm³/mol. The molecular formula is C12H16N2O4S. The van der Waals surface area contributed by atoms with E-state index in [1.54, 1.807) is 20.8 Å². The van der Waals surface area contributed by atoms with E-state index in [4.69, 9.17) is 15.6 Å². The number of hydrogen-bond acceptors (Lipinski definition) is 6. The highest BCUT2D eigenvalue weighted by molar-refractivity contribution is 8.00. The van der Waals surface area contributed by atoms with Gasteiger partial charge in [-0.2, -0.15) is 0 Å². The van der Waals surface area contributed by atoms with Crippen molar-refractivity contribution in [1.82, 2.24) is 4.98 Å². The van der Waals surface area contributed by atoms with Crippen LogP contribution >= 0.6 is 11.8 Å². The number of aromatic carboxylic acids is 1. The minimum atomic E-state index is -1.13. The second kappa shape index (κ2) is 5.92. The average Bonchev–Trinajstić information content (AvgIpc) is 2.24. The third-order valence-corrected chi connectivity index (χ3v) is 2.83. The number of carboxylic acids is 1. The summed E-state index contributed by atoms with van der Waals surface area (Å²) in [5.41, 5.74) is 5.15. The molecule has 0 aromatic carbocycles. The van der Waals surface area contributed by atoms with E-state index in [2.05, 4.69) is 4.98 Å². The summed E-state index contributed by atoms with van der Waals surface area (Å²) in [5, 5.41) is 9.26. The lowest BCUT2D eigenvalue weighted by molar-refractivity contribution is -0.151. The third-order valence-electron chi connectivity index (χ3n) is 1.85. The summed E-state index contributed by atoms with van der Waals surface area (Å²) in [6.45, 7) is 5.29. The van der Waals surface area contributed by atoms with Crippen molar-refractivity contribution in [3.63, 3.8) is 0 Å². The zero-order valence-corrected chi connectivity index (χ0v) is 11.8. The molecule has 0 unspecified atom stereocenters. The second-order valence-corrected chi connectivity index (χ2v) is 5.77. The quantitative estimate of drug-likeness (QED) is 0.641. The number of thioether (sulfide) groups is 1. The van der Waals surface area contributed by atoms with Crippen LogP contribution in [0.25, 0.3) is 0 Å². The highest BCUT2D eigenvalue weighted by Crippen LogP contribution is 2.23. The minimum Gasteiger partial charge on any atom is -0.478 e. The highest BCUT2D eigenvalue weighted by Gasteiger charge is 2.18. The Bertz CT molecular complexity index is 497. The summed E-state index contributed by atoms with van der Waals surface area (Å²) in [4.78, 5) is 26.5. The number of aromatic nitrogens is 1. The van der Waals surface area contributed by atoms with Crippen LogP contribution in [0.4, 0.5) is 5.69 Å². The highest BCUT2D eigenvalue weighted by atomic mass is 32.2. The maximum absolute atomic E-state index is 11.5. The van der Waals surface area contributed by atoms with E-state index in [0.29, 0.717) is 0 Å². The van der Waals surface area contributed by atoms with Gasteiger partial charge in [0, 0.05) is 0 Å². The molecule has 0 saturated heterocycles. The number of carbonyl (C=O) groups is 2. The summed E-state index contributed by atoms with van der Waals surface area (Å²) in [7, 11) is 0. The first kappa shape index (κ1) is 15.3. The van der Waals surface area contributed by atoms with Gasteiger partial charge in [0.25, 0.3) is 0 Å². The summed E-state index contributed by atoms with van der Waals surface area (Å²) >= 11 is 1.01. The van der Waals surface area contributed by atoms with E-state index in [1.165, 1.54) is 12.3 Å². The molecule has 1 rings (SSSR count). The molecule has 3 N–H and O–H groups in total. The largest absolute Gasteiger partial charge is 0.478 e. The molecule has 1 aromatic rings. The lowest BCUT2D eigenvalue weighted by atomic mass is 10.2. The Morgan fingerprint density at radius 3 is 2.63 bits per heavy atom. The number of pyridine rings is 1. The summed E-state index contributed by atoms with van der Waals surface area (Å²) in [6.07, 6.45) is 1.35. The molecule has 0 radical (unpaired) electrons. The van der Waals surface area contributed by atoms with Gasteiger partial charge < -0.3 is 15.6 Å². The first-order valence-electron chi connectivity index (χ1n) is 5.52. The van der Waals surface area contributed by atoms with Gasteiger partial charge in [0.2, 0.25) is 0 Å². The first-order chi connectivity index (χ1) is 8.69. The summed E-state index contributed by atoms with van der Waals surface area (Å²) in [6, 6.07) is 1.31. The molecule has 0 atom stereocenters. The van der Waals surface area contributed by atoms with Crippen LogP contribution in [0.2, 0.25) is 0 Å². The van der Waals surface area contributed by atoms with Crippen LogP contribution in [0.5, 0.6) is 0 Å². The van der Waals surface area contributed by atoms with Gasteiger partial charge in [-0.05, 0) is 26.8 Å². The lowest BCUT2D eigenvalue weighted by Gasteiger charge is -2.19. The van der Waals surface area contributed by atoms with Gasteiger partial charge in [-0.3, -0.25) is 4.79 Å². The Morgan fingerprint density at radius 1 is 1.47 bits per heavy atom. The standard InChI is InChI=1S/C12H16N2O4S/c1-12(2,3)18-9(15)6-19-10-8(11(16)17)4-7(13)5-14-10/h4-5H,6,13H2,1-3H3,(H,16,17). The van der Waals surface area contributed by atoms with Crippen LogP contribution in [0.1, 0.15) is 31.1 Å². The van der Waals surface area contributed by atoms with Crippen molar-refractivity contribution in [2.45, 2.75) is 31.4 Å². The van der Waals surface area contributed by atoms with E-state index in [1.807, 2.05) is 0 Å². The van der Waals surface area contributed by atoms with Crippen molar-refractivity contribution in [3.8, 4) is 0 Å². The minimum absolute atomic E-state index is 0.00549. The zero-order chi connectivity index (χ0) is 14.6. The number of ether oxygens (including phenoxy) is 1. The van der Waals surface area contributed by atoms with Crippen molar-refractivity contribution in [2.75, 3.05) is 11.5 Å². The molecule has 0 amide bonds. The van der Waals surface area contributed by atoms with Gasteiger partial charge >= 0.3 is 11.9 Å². The Kier molecular flexibility index (Phi) is 4.77. The molecule has 19 heavy (non-hydrogen) atoms. The molecule has 0 bridgehead atoms. The van der Waals surface area contributed by atoms with Gasteiger partial charge in [0.1, 0.15) is 10.6 Å². The molecule has 1 aromatic heterocycles. The predicted octanol–water partition coefficient (Wildman–Crippen LogP) is 1.80. The summed E-state index contributed by atoms with van der Waals surface area (Å²) < 4.78 is 5.12. The molecule has 104 valence electrons. The number of nitrogens with two attached hydrogens (primary N) is 1. The number of nitrogens with zero attached hydrogens (tertiary/aromatic N) is 1. The molecule has 0 saturated carbocycles. The maximum atomic E-state index is 11.5. The monoisotopic (exact) mass is 284 g/mol. The fourth-order valence-corrected chi connectivity index (χ4v) is 1.98. The molecule has 0 fully saturated rings. The normalized spacial score (nSPS) is 11.1. The number of anilines is 1. The number of carboxylic acid groups (broad SMARTS) is 1. The number of hydrogen-bond donors (Lipinski definition) is 2. The summed E-state index contributed by atoms with van der Waals surface area (Å²) in [5.74, 6) is -1.56. The topological polar surface area (TPSA) is 103 Å². The Labute approximate surface area is 115 Å². The number of rotatable bonds is 4. The maximum Gasteiger partial charge on any atom is 0.338 e. The van der Waals surface area contributed by atoms with E-state index in [-0.39, 0.29) is 22.0 Å². The average molecular weight is 284 g/mol. The second-order valence-electron chi connectivity index (χ2n) is 4.80. The smallest absolute Gasteiger partial charge is 0.338 e. The van der Waals surface area contributed by atoms with Gasteiger partial charge in [-0.15, -0.1) is 0 Å². The van der Waals surface area contributed by atoms with Gasteiger partial charge in [-0.1, -0.05) is 11.8 Å². The van der Waals surface area contributed by atoms with Crippen LogP contribution in [-0.4, -0.2) is 33.4 Å². The van der Waals surface area contributed by atoms with Crippen molar-refractivity contribution in [3.05, 3.63) is 17.8 Å². The molecule has 7 heteroatoms. The molecule has 6 nitrogen and oxygen atoms in total. The fraction of sp³-hybridized carbons (Fsp3) is 0.417. The SMILES string of the molecule is CC(C)(C)OC(=O)CSc1ncc(N)cc1C(=O)O. The van der Waals surface area contributed by atoms with Crippen LogP contribution in [-0.2, 0) is 9.53 Å². The number of carbonyl (C=O) groups excluding carboxylic acids is 1. The van der Waals surface area contributed by atoms with E-state index in [9.17, 15) is 9.59 Å². The lowest BCUT2D eigenvalue weighted by Crippen LogP contribution is -2.25. The van der Waals surface area contributed by atoms with Crippen molar-refractivity contribution in [1.29, 1.82) is 0 Å². The van der Waals surface area contributed by atoms with E-state index in [0.717, 1.165) is 11.8 Å². The zero-order valence-electron chi connectivity index (χ0n) is 11.0. The fourth-order valence-electron chi connectivity index (χ4n) is 1.23. The Hall–Kier alpha value is -1.76. The van der Waals surface area contributed by atoms with Crippen LogP contribution in [0, 0.1) is 0 Å². The third kappa shape index (κ3) is 5.17. The van der Waals surface area contributed by atoms with Gasteiger partial charge in [-0.25, -0.2) is 9.78 Å². The van der Waals surface area contributed by atoms with Crippen molar-refractivity contribution >= 4 is 29.4 Å². The molecule has 1 heterocycles. The van der Waals surface area contributed by atoms with Crippen LogP contribution in [0.3, 0.4) is 0 Å². The molecular weight excluding hydrogens is 268 g/mol. The molecule has 0 aliphatic carbocycles. The Morgan fingerprint density at radius 2 is 2.11 bits per heavy atom. The number of nitrogen functional groups attached to an aromatic ring is 1. The molecule has 0 spiro atoms. The van der Waals surface area contributed by atoms with Crippen molar-refractivity contribution in [2.24, 2.45) is 0 Å². The van der Waals surface area contributed by atoms with Crippen molar-refractivity contribution < 1.29 is 19.4 Å². The van der Waals surface area contributed by atoms with Crippen LogP contribution < -0.4 is 5.73 Å². The van der Waals surface area contributed by atoms with Gasteiger partial charge in [0.15, 0.2) is 0 Å². The van der Waals surface area contributed by atoms with E-state index < -0.39 is 17.5 Å². The van der Waals surface area contributed by atoms with E-state index >= 15 is 0 Å². The molecule has 0 aliphatic heterocycles. The molecule has 0 aliphatic rings.